The highest BCUT2D eigenvalue weighted by atomic mass is 15.2. The van der Waals surface area contributed by atoms with Gasteiger partial charge in [0.05, 0.1) is 0 Å². The Bertz CT molecular complexity index is 350. The smallest absolute Gasteiger partial charge is 0.0335 e. The summed E-state index contributed by atoms with van der Waals surface area (Å²) in [6, 6.07) is 5.88. The van der Waals surface area contributed by atoms with Gasteiger partial charge >= 0.3 is 0 Å². The molecular weight excluding hydrogens is 222 g/mol. The molecule has 18 heavy (non-hydrogen) atoms. The van der Waals surface area contributed by atoms with Gasteiger partial charge in [-0.15, -0.1) is 0 Å². The largest absolute Gasteiger partial charge is 0.311 e. The SMILES string of the molecule is CC(C)NC1CCCN(C(C)c2cccnc2)C1. The average molecular weight is 247 g/mol. The fourth-order valence-electron chi connectivity index (χ4n) is 2.80. The lowest BCUT2D eigenvalue weighted by molar-refractivity contribution is 0.142. The molecule has 0 spiro atoms. The van der Waals surface area contributed by atoms with Crippen molar-refractivity contribution in [3.8, 4) is 0 Å². The standard InChI is InChI=1S/C15H25N3/c1-12(2)17-15-7-5-9-18(11-15)13(3)14-6-4-8-16-10-14/h4,6,8,10,12-13,15,17H,5,7,9,11H2,1-3H3. The number of likely N-dealkylation sites (tertiary alicyclic amines) is 1. The average Bonchev–Trinajstić information content (AvgIpc) is 2.38. The molecule has 0 aliphatic carbocycles. The maximum absolute atomic E-state index is 4.23. The molecule has 100 valence electrons. The molecule has 0 saturated carbocycles. The van der Waals surface area contributed by atoms with Crippen LogP contribution < -0.4 is 5.32 Å². The summed E-state index contributed by atoms with van der Waals surface area (Å²) in [4.78, 5) is 6.80. The van der Waals surface area contributed by atoms with E-state index in [9.17, 15) is 0 Å². The van der Waals surface area contributed by atoms with Gasteiger partial charge in [-0.05, 0) is 37.9 Å². The van der Waals surface area contributed by atoms with Crippen molar-refractivity contribution >= 4 is 0 Å². The first-order valence-corrected chi connectivity index (χ1v) is 7.07. The van der Waals surface area contributed by atoms with Gasteiger partial charge in [-0.1, -0.05) is 19.9 Å². The number of nitrogens with zero attached hydrogens (tertiary/aromatic N) is 2. The quantitative estimate of drug-likeness (QED) is 0.886. The molecule has 3 nitrogen and oxygen atoms in total. The van der Waals surface area contributed by atoms with E-state index in [0.717, 1.165) is 6.54 Å². The molecule has 1 aromatic heterocycles. The van der Waals surface area contributed by atoms with Gasteiger partial charge in [0.1, 0.15) is 0 Å². The zero-order chi connectivity index (χ0) is 13.0. The lowest BCUT2D eigenvalue weighted by atomic mass is 10.0. The Kier molecular flexibility index (Phi) is 4.72. The van der Waals surface area contributed by atoms with Crippen molar-refractivity contribution in [1.29, 1.82) is 0 Å². The summed E-state index contributed by atoms with van der Waals surface area (Å²) in [7, 11) is 0. The monoisotopic (exact) mass is 247 g/mol. The summed E-state index contributed by atoms with van der Waals surface area (Å²) >= 11 is 0. The van der Waals surface area contributed by atoms with E-state index in [4.69, 9.17) is 0 Å². The zero-order valence-corrected chi connectivity index (χ0v) is 11.8. The fourth-order valence-corrected chi connectivity index (χ4v) is 2.80. The third-order valence-corrected chi connectivity index (χ3v) is 3.74. The number of nitrogens with one attached hydrogen (secondary N) is 1. The molecule has 1 aliphatic heterocycles. The second kappa shape index (κ2) is 6.30. The van der Waals surface area contributed by atoms with E-state index in [-0.39, 0.29) is 0 Å². The van der Waals surface area contributed by atoms with Crippen molar-refractivity contribution in [2.45, 2.75) is 51.7 Å². The molecule has 0 aromatic carbocycles. The maximum atomic E-state index is 4.23. The van der Waals surface area contributed by atoms with Crippen molar-refractivity contribution in [3.63, 3.8) is 0 Å². The first-order chi connectivity index (χ1) is 8.66. The first-order valence-electron chi connectivity index (χ1n) is 7.07. The summed E-state index contributed by atoms with van der Waals surface area (Å²) < 4.78 is 0. The van der Waals surface area contributed by atoms with Crippen LogP contribution in [0.25, 0.3) is 0 Å². The zero-order valence-electron chi connectivity index (χ0n) is 11.8. The number of piperidine rings is 1. The van der Waals surface area contributed by atoms with E-state index in [1.807, 2.05) is 18.5 Å². The van der Waals surface area contributed by atoms with Crippen LogP contribution in [-0.4, -0.2) is 35.1 Å². The first kappa shape index (κ1) is 13.5. The Morgan fingerprint density at radius 1 is 1.39 bits per heavy atom. The van der Waals surface area contributed by atoms with E-state index >= 15 is 0 Å². The molecule has 3 heteroatoms. The van der Waals surface area contributed by atoms with Crippen molar-refractivity contribution < 1.29 is 0 Å². The molecule has 0 radical (unpaired) electrons. The number of pyridine rings is 1. The van der Waals surface area contributed by atoms with Crippen LogP contribution >= 0.6 is 0 Å². The van der Waals surface area contributed by atoms with Gasteiger partial charge in [0.15, 0.2) is 0 Å². The van der Waals surface area contributed by atoms with Crippen LogP contribution in [0.2, 0.25) is 0 Å². The predicted molar refractivity (Wildman–Crippen MR) is 75.5 cm³/mol. The van der Waals surface area contributed by atoms with Crippen molar-refractivity contribution in [3.05, 3.63) is 30.1 Å². The number of hydrogen-bond donors (Lipinski definition) is 1. The van der Waals surface area contributed by atoms with Crippen LogP contribution in [0.1, 0.15) is 45.2 Å². The van der Waals surface area contributed by atoms with Crippen molar-refractivity contribution in [2.24, 2.45) is 0 Å². The second-order valence-corrected chi connectivity index (χ2v) is 5.62. The van der Waals surface area contributed by atoms with Gasteiger partial charge in [-0.2, -0.15) is 0 Å². The van der Waals surface area contributed by atoms with E-state index in [0.29, 0.717) is 18.1 Å². The summed E-state index contributed by atoms with van der Waals surface area (Å²) in [6.07, 6.45) is 6.42. The van der Waals surface area contributed by atoms with Gasteiger partial charge in [0.2, 0.25) is 0 Å². The van der Waals surface area contributed by atoms with E-state index < -0.39 is 0 Å². The third-order valence-electron chi connectivity index (χ3n) is 3.74. The molecule has 1 N–H and O–H groups in total. The topological polar surface area (TPSA) is 28.2 Å². The van der Waals surface area contributed by atoms with E-state index in [2.05, 4.69) is 42.0 Å². The Morgan fingerprint density at radius 3 is 2.89 bits per heavy atom. The predicted octanol–water partition coefficient (Wildman–Crippen LogP) is 2.61. The summed E-state index contributed by atoms with van der Waals surface area (Å²) in [5.41, 5.74) is 1.32. The minimum Gasteiger partial charge on any atom is -0.311 e. The molecule has 1 saturated heterocycles. The maximum Gasteiger partial charge on any atom is 0.0335 e. The summed E-state index contributed by atoms with van der Waals surface area (Å²) in [6.45, 7) is 9.09. The van der Waals surface area contributed by atoms with Gasteiger partial charge < -0.3 is 5.32 Å². The van der Waals surface area contributed by atoms with Gasteiger partial charge in [0.25, 0.3) is 0 Å². The van der Waals surface area contributed by atoms with Crippen LogP contribution in [0.15, 0.2) is 24.5 Å². The van der Waals surface area contributed by atoms with Gasteiger partial charge in [0, 0.05) is 37.1 Å². The van der Waals surface area contributed by atoms with Crippen molar-refractivity contribution in [2.75, 3.05) is 13.1 Å². The van der Waals surface area contributed by atoms with Crippen LogP contribution in [0.3, 0.4) is 0 Å². The fraction of sp³-hybridized carbons (Fsp3) is 0.667. The van der Waals surface area contributed by atoms with Crippen LogP contribution in [0, 0.1) is 0 Å². The highest BCUT2D eigenvalue weighted by molar-refractivity contribution is 5.13. The minimum atomic E-state index is 0.468. The molecule has 2 heterocycles. The third kappa shape index (κ3) is 3.53. The molecule has 1 aliphatic rings. The van der Waals surface area contributed by atoms with Gasteiger partial charge in [-0.25, -0.2) is 0 Å². The van der Waals surface area contributed by atoms with Crippen molar-refractivity contribution in [1.82, 2.24) is 15.2 Å². The Morgan fingerprint density at radius 2 is 2.22 bits per heavy atom. The van der Waals surface area contributed by atoms with Gasteiger partial charge in [-0.3, -0.25) is 9.88 Å². The van der Waals surface area contributed by atoms with Crippen LogP contribution in [0.4, 0.5) is 0 Å². The molecule has 2 rings (SSSR count). The minimum absolute atomic E-state index is 0.468. The Labute approximate surface area is 111 Å². The highest BCUT2D eigenvalue weighted by Gasteiger charge is 2.24. The number of rotatable bonds is 4. The molecule has 1 aromatic rings. The van der Waals surface area contributed by atoms with E-state index in [1.165, 1.54) is 24.9 Å². The Hall–Kier alpha value is -0.930. The second-order valence-electron chi connectivity index (χ2n) is 5.62. The van der Waals surface area contributed by atoms with Crippen LogP contribution in [0.5, 0.6) is 0 Å². The molecule has 2 unspecified atom stereocenters. The molecule has 0 amide bonds. The normalized spacial score (nSPS) is 23.2. The summed E-state index contributed by atoms with van der Waals surface area (Å²) in [5.74, 6) is 0. The molecule has 2 atom stereocenters. The molecule has 0 bridgehead atoms. The number of aromatic nitrogens is 1. The molecule has 1 fully saturated rings. The lowest BCUT2D eigenvalue weighted by Gasteiger charge is -2.38. The molecular formula is C15H25N3. The van der Waals surface area contributed by atoms with E-state index in [1.54, 1.807) is 0 Å². The lowest BCUT2D eigenvalue weighted by Crippen LogP contribution is -2.48. The Balaban J connectivity index is 1.96. The highest BCUT2D eigenvalue weighted by Crippen LogP contribution is 2.23. The number of hydrogen-bond acceptors (Lipinski definition) is 3. The summed E-state index contributed by atoms with van der Waals surface area (Å²) in [5, 5.41) is 3.66. The van der Waals surface area contributed by atoms with Crippen LogP contribution in [-0.2, 0) is 0 Å².